The molecule has 0 unspecified atom stereocenters. The maximum Gasteiger partial charge on any atom is 0.255 e. The molecule has 0 spiro atoms. The zero-order valence-corrected chi connectivity index (χ0v) is 15.1. The van der Waals surface area contributed by atoms with E-state index in [1.54, 1.807) is 31.4 Å². The van der Waals surface area contributed by atoms with Crippen molar-refractivity contribution in [3.8, 4) is 5.75 Å². The second-order valence-corrected chi connectivity index (χ2v) is 6.11. The third-order valence-electron chi connectivity index (χ3n) is 3.94. The summed E-state index contributed by atoms with van der Waals surface area (Å²) in [6.45, 7) is 0.636. The van der Waals surface area contributed by atoms with Crippen LogP contribution in [0.4, 0.5) is 11.4 Å². The molecule has 0 heterocycles. The van der Waals surface area contributed by atoms with Crippen LogP contribution in [-0.4, -0.2) is 13.0 Å². The van der Waals surface area contributed by atoms with Crippen LogP contribution < -0.4 is 15.4 Å². The Kier molecular flexibility index (Phi) is 5.77. The Labute approximate surface area is 157 Å². The number of nitrogens with one attached hydrogen (secondary N) is 2. The summed E-state index contributed by atoms with van der Waals surface area (Å²) in [6, 6.07) is 22.3. The maximum absolute atomic E-state index is 12.3. The van der Waals surface area contributed by atoms with Crippen LogP contribution in [0.25, 0.3) is 0 Å². The molecule has 2 N–H and O–H groups in total. The number of amides is 1. The molecule has 3 rings (SSSR count). The number of ether oxygens (including phenoxy) is 1. The molecule has 0 saturated carbocycles. The van der Waals surface area contributed by atoms with Gasteiger partial charge in [0.2, 0.25) is 0 Å². The Bertz CT molecular complexity index is 877. The third kappa shape index (κ3) is 4.55. The predicted octanol–water partition coefficient (Wildman–Crippen LogP) is 5.21. The molecule has 0 bridgehead atoms. The first-order valence-electron chi connectivity index (χ1n) is 8.18. The van der Waals surface area contributed by atoms with Crippen LogP contribution in [0.15, 0.2) is 72.8 Å². The van der Waals surface area contributed by atoms with Gasteiger partial charge in [-0.1, -0.05) is 29.8 Å². The SMILES string of the molecule is COc1ccc(C(=O)Nc2ccc(NCc3ccccc3Cl)cc2)cc1. The van der Waals surface area contributed by atoms with Crippen molar-refractivity contribution in [2.45, 2.75) is 6.54 Å². The zero-order valence-electron chi connectivity index (χ0n) is 14.3. The molecule has 1 amide bonds. The topological polar surface area (TPSA) is 50.4 Å². The van der Waals surface area contributed by atoms with Crippen LogP contribution in [0.2, 0.25) is 5.02 Å². The molecule has 0 aromatic heterocycles. The number of rotatable bonds is 6. The van der Waals surface area contributed by atoms with Gasteiger partial charge in [-0.2, -0.15) is 0 Å². The lowest BCUT2D eigenvalue weighted by atomic mass is 10.2. The average molecular weight is 367 g/mol. The molecule has 0 atom stereocenters. The number of anilines is 2. The van der Waals surface area contributed by atoms with Crippen molar-refractivity contribution in [1.82, 2.24) is 0 Å². The molecule has 0 fully saturated rings. The second kappa shape index (κ2) is 8.41. The summed E-state index contributed by atoms with van der Waals surface area (Å²) in [5.41, 5.74) is 3.29. The highest BCUT2D eigenvalue weighted by Gasteiger charge is 2.06. The Morgan fingerprint density at radius 1 is 0.923 bits per heavy atom. The van der Waals surface area contributed by atoms with Crippen molar-refractivity contribution in [1.29, 1.82) is 0 Å². The van der Waals surface area contributed by atoms with Crippen LogP contribution in [0.5, 0.6) is 5.75 Å². The molecule has 5 heteroatoms. The summed E-state index contributed by atoms with van der Waals surface area (Å²) >= 11 is 6.15. The fraction of sp³-hybridized carbons (Fsp3) is 0.0952. The summed E-state index contributed by atoms with van der Waals surface area (Å²) in [6.07, 6.45) is 0. The van der Waals surface area contributed by atoms with Crippen molar-refractivity contribution in [3.63, 3.8) is 0 Å². The highest BCUT2D eigenvalue weighted by molar-refractivity contribution is 6.31. The van der Waals surface area contributed by atoms with Gasteiger partial charge in [0, 0.05) is 28.5 Å². The number of methoxy groups -OCH3 is 1. The lowest BCUT2D eigenvalue weighted by Crippen LogP contribution is -2.11. The molecular formula is C21H19ClN2O2. The first kappa shape index (κ1) is 17.8. The van der Waals surface area contributed by atoms with E-state index in [-0.39, 0.29) is 5.91 Å². The van der Waals surface area contributed by atoms with Gasteiger partial charge in [-0.05, 0) is 60.2 Å². The number of hydrogen-bond acceptors (Lipinski definition) is 3. The quantitative estimate of drug-likeness (QED) is 0.629. The van der Waals surface area contributed by atoms with E-state index in [0.29, 0.717) is 12.1 Å². The monoisotopic (exact) mass is 366 g/mol. The molecule has 0 aliphatic carbocycles. The Morgan fingerprint density at radius 2 is 1.58 bits per heavy atom. The maximum atomic E-state index is 12.3. The third-order valence-corrected chi connectivity index (χ3v) is 4.30. The average Bonchev–Trinajstić information content (AvgIpc) is 2.68. The van der Waals surface area contributed by atoms with Crippen molar-refractivity contribution in [2.24, 2.45) is 0 Å². The van der Waals surface area contributed by atoms with Gasteiger partial charge in [-0.3, -0.25) is 4.79 Å². The molecule has 0 saturated heterocycles. The molecule has 0 aliphatic heterocycles. The minimum atomic E-state index is -0.163. The van der Waals surface area contributed by atoms with Gasteiger partial charge >= 0.3 is 0 Å². The van der Waals surface area contributed by atoms with Gasteiger partial charge in [0.05, 0.1) is 7.11 Å². The van der Waals surface area contributed by atoms with Gasteiger partial charge in [-0.25, -0.2) is 0 Å². The van der Waals surface area contributed by atoms with E-state index < -0.39 is 0 Å². The van der Waals surface area contributed by atoms with Crippen molar-refractivity contribution in [2.75, 3.05) is 17.7 Å². The van der Waals surface area contributed by atoms with Crippen LogP contribution >= 0.6 is 11.6 Å². The Balaban J connectivity index is 1.58. The summed E-state index contributed by atoms with van der Waals surface area (Å²) in [7, 11) is 1.59. The van der Waals surface area contributed by atoms with Crippen molar-refractivity contribution in [3.05, 3.63) is 88.9 Å². The number of benzene rings is 3. The predicted molar refractivity (Wildman–Crippen MR) is 106 cm³/mol. The molecule has 0 aliphatic rings. The molecule has 3 aromatic carbocycles. The zero-order chi connectivity index (χ0) is 18.4. The minimum Gasteiger partial charge on any atom is -0.497 e. The van der Waals surface area contributed by atoms with Gasteiger partial charge in [0.1, 0.15) is 5.75 Å². The fourth-order valence-corrected chi connectivity index (χ4v) is 2.66. The van der Waals surface area contributed by atoms with E-state index in [2.05, 4.69) is 10.6 Å². The standard InChI is InChI=1S/C21H19ClN2O2/c1-26-19-12-6-15(7-13-19)21(25)24-18-10-8-17(9-11-18)23-14-16-4-2-3-5-20(16)22/h2-13,23H,14H2,1H3,(H,24,25). The van der Waals surface area contributed by atoms with E-state index in [0.717, 1.165) is 27.7 Å². The minimum absolute atomic E-state index is 0.163. The molecule has 3 aromatic rings. The van der Waals surface area contributed by atoms with Gasteiger partial charge < -0.3 is 15.4 Å². The Morgan fingerprint density at radius 3 is 2.23 bits per heavy atom. The van der Waals surface area contributed by atoms with Crippen molar-refractivity contribution < 1.29 is 9.53 Å². The van der Waals surface area contributed by atoms with Crippen LogP contribution in [-0.2, 0) is 6.54 Å². The lowest BCUT2D eigenvalue weighted by Gasteiger charge is -2.10. The lowest BCUT2D eigenvalue weighted by molar-refractivity contribution is 0.102. The molecule has 26 heavy (non-hydrogen) atoms. The molecule has 132 valence electrons. The summed E-state index contributed by atoms with van der Waals surface area (Å²) in [4.78, 5) is 12.3. The number of carbonyl (C=O) groups is 1. The summed E-state index contributed by atoms with van der Waals surface area (Å²) < 4.78 is 5.10. The highest BCUT2D eigenvalue weighted by atomic mass is 35.5. The van der Waals surface area contributed by atoms with Crippen LogP contribution in [0.1, 0.15) is 15.9 Å². The number of hydrogen-bond donors (Lipinski definition) is 2. The smallest absolute Gasteiger partial charge is 0.255 e. The number of halogens is 1. The first-order chi connectivity index (χ1) is 12.7. The molecule has 4 nitrogen and oxygen atoms in total. The van der Waals surface area contributed by atoms with Gasteiger partial charge in [0.25, 0.3) is 5.91 Å². The van der Waals surface area contributed by atoms with E-state index in [9.17, 15) is 4.79 Å². The Hall–Kier alpha value is -2.98. The summed E-state index contributed by atoms with van der Waals surface area (Å²) in [5, 5.41) is 6.93. The summed E-state index contributed by atoms with van der Waals surface area (Å²) in [5.74, 6) is 0.555. The van der Waals surface area contributed by atoms with Gasteiger partial charge in [-0.15, -0.1) is 0 Å². The first-order valence-corrected chi connectivity index (χ1v) is 8.56. The molecular weight excluding hydrogens is 348 g/mol. The molecule has 0 radical (unpaired) electrons. The fourth-order valence-electron chi connectivity index (χ4n) is 2.46. The van der Waals surface area contributed by atoms with Crippen LogP contribution in [0.3, 0.4) is 0 Å². The van der Waals surface area contributed by atoms with E-state index in [1.807, 2.05) is 48.5 Å². The van der Waals surface area contributed by atoms with Crippen molar-refractivity contribution >= 4 is 28.9 Å². The largest absolute Gasteiger partial charge is 0.497 e. The highest BCUT2D eigenvalue weighted by Crippen LogP contribution is 2.19. The van der Waals surface area contributed by atoms with Crippen LogP contribution in [0, 0.1) is 0 Å². The second-order valence-electron chi connectivity index (χ2n) is 5.70. The number of carbonyl (C=O) groups excluding carboxylic acids is 1. The normalized spacial score (nSPS) is 10.2. The van der Waals surface area contributed by atoms with E-state index in [1.165, 1.54) is 0 Å². The van der Waals surface area contributed by atoms with E-state index in [4.69, 9.17) is 16.3 Å². The van der Waals surface area contributed by atoms with E-state index >= 15 is 0 Å². The van der Waals surface area contributed by atoms with Gasteiger partial charge in [0.15, 0.2) is 0 Å².